The van der Waals surface area contributed by atoms with Crippen LogP contribution in [0.25, 0.3) is 0 Å². The highest BCUT2D eigenvalue weighted by molar-refractivity contribution is 7.09. The van der Waals surface area contributed by atoms with Gasteiger partial charge < -0.3 is 10.2 Å². The first-order valence-corrected chi connectivity index (χ1v) is 8.79. The van der Waals surface area contributed by atoms with E-state index < -0.39 is 0 Å². The molecule has 4 nitrogen and oxygen atoms in total. The number of hydrogen-bond donors (Lipinski definition) is 1. The number of carbonyl (C=O) groups is 1. The minimum Gasteiger partial charge on any atom is -0.342 e. The Kier molecular flexibility index (Phi) is 10.3. The summed E-state index contributed by atoms with van der Waals surface area (Å²) in [5.41, 5.74) is 1.18. The van der Waals surface area contributed by atoms with E-state index in [1.165, 1.54) is 10.7 Å². The number of thiazole rings is 1. The lowest BCUT2D eigenvalue weighted by atomic mass is 9.97. The lowest BCUT2D eigenvalue weighted by molar-refractivity contribution is -0.136. The molecule has 1 fully saturated rings. The number of hydrogen-bond acceptors (Lipinski definition) is 4. The molecule has 0 aromatic carbocycles. The Balaban J connectivity index is 0.00000242. The van der Waals surface area contributed by atoms with Gasteiger partial charge in [-0.25, -0.2) is 4.98 Å². The molecule has 2 rings (SSSR count). The van der Waals surface area contributed by atoms with E-state index in [2.05, 4.69) is 24.5 Å². The summed E-state index contributed by atoms with van der Waals surface area (Å²) in [6.07, 6.45) is 2.23. The van der Waals surface area contributed by atoms with E-state index >= 15 is 0 Å². The van der Waals surface area contributed by atoms with E-state index in [0.29, 0.717) is 11.8 Å². The van der Waals surface area contributed by atoms with Gasteiger partial charge in [0.15, 0.2) is 0 Å². The third-order valence-electron chi connectivity index (χ3n) is 4.15. The van der Waals surface area contributed by atoms with Crippen molar-refractivity contribution in [3.05, 3.63) is 16.1 Å². The SMILES string of the molecule is CNCC(C)C(=O)N1CCCC(c2nc(C(C)C)cs2)C1.Cl.Cl. The minimum absolute atomic E-state index is 0. The molecule has 23 heavy (non-hydrogen) atoms. The predicted octanol–water partition coefficient (Wildman–Crippen LogP) is 3.67. The first-order chi connectivity index (χ1) is 10.0. The largest absolute Gasteiger partial charge is 0.342 e. The molecule has 134 valence electrons. The van der Waals surface area contributed by atoms with Gasteiger partial charge in [0.2, 0.25) is 5.91 Å². The summed E-state index contributed by atoms with van der Waals surface area (Å²) in [6.45, 7) is 8.82. The molecule has 1 saturated heterocycles. The fraction of sp³-hybridized carbons (Fsp3) is 0.750. The van der Waals surface area contributed by atoms with Crippen LogP contribution in [0.3, 0.4) is 0 Å². The number of amides is 1. The van der Waals surface area contributed by atoms with Crippen molar-refractivity contribution in [3.63, 3.8) is 0 Å². The van der Waals surface area contributed by atoms with Crippen molar-refractivity contribution in [3.8, 4) is 0 Å². The van der Waals surface area contributed by atoms with Crippen LogP contribution in [0, 0.1) is 5.92 Å². The molecule has 2 atom stereocenters. The van der Waals surface area contributed by atoms with E-state index in [-0.39, 0.29) is 36.6 Å². The third-order valence-corrected chi connectivity index (χ3v) is 5.17. The highest BCUT2D eigenvalue weighted by Crippen LogP contribution is 2.31. The van der Waals surface area contributed by atoms with Crippen LogP contribution in [0.1, 0.15) is 56.2 Å². The summed E-state index contributed by atoms with van der Waals surface area (Å²) in [4.78, 5) is 19.3. The summed E-state index contributed by atoms with van der Waals surface area (Å²) in [7, 11) is 1.89. The van der Waals surface area contributed by atoms with Gasteiger partial charge in [0, 0.05) is 36.9 Å². The van der Waals surface area contributed by atoms with Crippen molar-refractivity contribution >= 4 is 42.1 Å². The molecular formula is C16H29Cl2N3OS. The average molecular weight is 382 g/mol. The molecule has 1 aromatic heterocycles. The Labute approximate surface area is 156 Å². The maximum absolute atomic E-state index is 12.4. The molecule has 2 heterocycles. The molecule has 1 aromatic rings. The average Bonchev–Trinajstić information content (AvgIpc) is 2.97. The molecule has 7 heteroatoms. The van der Waals surface area contributed by atoms with Crippen LogP contribution >= 0.6 is 36.2 Å². The zero-order valence-electron chi connectivity index (χ0n) is 14.4. The zero-order chi connectivity index (χ0) is 15.4. The van der Waals surface area contributed by atoms with E-state index in [4.69, 9.17) is 4.98 Å². The monoisotopic (exact) mass is 381 g/mol. The number of rotatable bonds is 5. The lowest BCUT2D eigenvalue weighted by Gasteiger charge is -2.33. The predicted molar refractivity (Wildman–Crippen MR) is 102 cm³/mol. The van der Waals surface area contributed by atoms with Crippen molar-refractivity contribution in [1.29, 1.82) is 0 Å². The number of piperidine rings is 1. The highest BCUT2D eigenvalue weighted by Gasteiger charge is 2.28. The normalized spacial score (nSPS) is 19.0. The molecule has 0 saturated carbocycles. The lowest BCUT2D eigenvalue weighted by Crippen LogP contribution is -2.43. The van der Waals surface area contributed by atoms with Crippen LogP contribution in [0.4, 0.5) is 0 Å². The summed E-state index contributed by atoms with van der Waals surface area (Å²) >= 11 is 1.76. The van der Waals surface area contributed by atoms with Gasteiger partial charge in [-0.3, -0.25) is 4.79 Å². The van der Waals surface area contributed by atoms with Gasteiger partial charge in [0.05, 0.1) is 10.7 Å². The van der Waals surface area contributed by atoms with Crippen molar-refractivity contribution in [2.24, 2.45) is 5.92 Å². The second-order valence-corrected chi connectivity index (χ2v) is 7.24. The van der Waals surface area contributed by atoms with Crippen molar-refractivity contribution < 1.29 is 4.79 Å². The Morgan fingerprint density at radius 1 is 1.43 bits per heavy atom. The molecule has 0 bridgehead atoms. The number of carbonyl (C=O) groups excluding carboxylic acids is 1. The first kappa shape index (κ1) is 22.6. The maximum atomic E-state index is 12.4. The quantitative estimate of drug-likeness (QED) is 0.845. The Hall–Kier alpha value is -0.360. The number of nitrogens with one attached hydrogen (secondary N) is 1. The maximum Gasteiger partial charge on any atom is 0.226 e. The molecule has 1 aliphatic heterocycles. The van der Waals surface area contributed by atoms with E-state index in [9.17, 15) is 4.79 Å². The molecular weight excluding hydrogens is 353 g/mol. The summed E-state index contributed by atoms with van der Waals surface area (Å²) < 4.78 is 0. The molecule has 1 N–H and O–H groups in total. The van der Waals surface area contributed by atoms with Crippen LogP contribution in [0.5, 0.6) is 0 Å². The highest BCUT2D eigenvalue weighted by atomic mass is 35.5. The molecule has 1 amide bonds. The topological polar surface area (TPSA) is 45.2 Å². The fourth-order valence-corrected chi connectivity index (χ4v) is 3.95. The van der Waals surface area contributed by atoms with Crippen molar-refractivity contribution in [2.75, 3.05) is 26.7 Å². The van der Waals surface area contributed by atoms with Gasteiger partial charge in [-0.2, -0.15) is 0 Å². The van der Waals surface area contributed by atoms with E-state index in [0.717, 1.165) is 32.5 Å². The Morgan fingerprint density at radius 2 is 2.13 bits per heavy atom. The van der Waals surface area contributed by atoms with Crippen LogP contribution in [-0.2, 0) is 4.79 Å². The van der Waals surface area contributed by atoms with Crippen LogP contribution < -0.4 is 5.32 Å². The van der Waals surface area contributed by atoms with Crippen LogP contribution in [0.15, 0.2) is 5.38 Å². The Morgan fingerprint density at radius 3 is 2.70 bits per heavy atom. The standard InChI is InChI=1S/C16H27N3OS.2ClH/c1-11(2)14-10-21-15(18-14)13-6-5-7-19(9-13)16(20)12(3)8-17-4;;/h10-13,17H,5-9H2,1-4H3;2*1H. The molecule has 1 aliphatic rings. The van der Waals surface area contributed by atoms with Gasteiger partial charge in [0.1, 0.15) is 0 Å². The third kappa shape index (κ3) is 5.89. The zero-order valence-corrected chi connectivity index (χ0v) is 16.8. The summed E-state index contributed by atoms with van der Waals surface area (Å²) in [5.74, 6) is 1.22. The van der Waals surface area contributed by atoms with E-state index in [1.807, 2.05) is 18.9 Å². The number of aromatic nitrogens is 1. The van der Waals surface area contributed by atoms with Crippen molar-refractivity contribution in [1.82, 2.24) is 15.2 Å². The Bertz CT molecular complexity index is 482. The molecule has 0 radical (unpaired) electrons. The smallest absolute Gasteiger partial charge is 0.226 e. The van der Waals surface area contributed by atoms with Crippen LogP contribution in [-0.4, -0.2) is 42.5 Å². The van der Waals surface area contributed by atoms with Crippen molar-refractivity contribution in [2.45, 2.75) is 45.4 Å². The van der Waals surface area contributed by atoms with Gasteiger partial charge in [-0.1, -0.05) is 20.8 Å². The second-order valence-electron chi connectivity index (χ2n) is 6.35. The number of likely N-dealkylation sites (tertiary alicyclic amines) is 1. The first-order valence-electron chi connectivity index (χ1n) is 7.91. The molecule has 0 aliphatic carbocycles. The minimum atomic E-state index is 0. The second kappa shape index (κ2) is 10.5. The number of nitrogens with zero attached hydrogens (tertiary/aromatic N) is 2. The summed E-state index contributed by atoms with van der Waals surface area (Å²) in [5, 5.41) is 6.47. The van der Waals surface area contributed by atoms with Crippen LogP contribution in [0.2, 0.25) is 0 Å². The molecule has 0 spiro atoms. The van der Waals surface area contributed by atoms with E-state index in [1.54, 1.807) is 11.3 Å². The molecule has 2 unspecified atom stereocenters. The summed E-state index contributed by atoms with van der Waals surface area (Å²) in [6, 6.07) is 0. The van der Waals surface area contributed by atoms with Gasteiger partial charge in [-0.15, -0.1) is 36.2 Å². The van der Waals surface area contributed by atoms with Gasteiger partial charge in [0.25, 0.3) is 0 Å². The van der Waals surface area contributed by atoms with Gasteiger partial charge >= 0.3 is 0 Å². The fourth-order valence-electron chi connectivity index (χ4n) is 2.84. The van der Waals surface area contributed by atoms with Gasteiger partial charge in [-0.05, 0) is 25.8 Å². The number of halogens is 2.